The molecule has 0 aliphatic heterocycles. The van der Waals surface area contributed by atoms with Crippen LogP contribution in [-0.4, -0.2) is 11.0 Å². The van der Waals surface area contributed by atoms with Crippen LogP contribution in [0.15, 0.2) is 48.5 Å². The smallest absolute Gasteiger partial charge is 0.250 e. The van der Waals surface area contributed by atoms with E-state index in [1.807, 2.05) is 36.4 Å². The molecule has 0 saturated carbocycles. The molecular weight excluding hydrogens is 266 g/mol. The van der Waals surface area contributed by atoms with Gasteiger partial charge in [0.25, 0.3) is 5.91 Å². The Labute approximate surface area is 124 Å². The van der Waals surface area contributed by atoms with E-state index in [-0.39, 0.29) is 6.61 Å². The van der Waals surface area contributed by atoms with E-state index in [4.69, 9.17) is 10.5 Å². The number of aryl methyl sites for hydroxylation is 1. The van der Waals surface area contributed by atoms with Gasteiger partial charge in [0.05, 0.1) is 0 Å². The molecule has 0 heterocycles. The van der Waals surface area contributed by atoms with Gasteiger partial charge in [-0.1, -0.05) is 43.3 Å². The van der Waals surface area contributed by atoms with Gasteiger partial charge in [-0.05, 0) is 35.2 Å². The highest BCUT2D eigenvalue weighted by molar-refractivity contribution is 5.80. The first-order valence-electron chi connectivity index (χ1n) is 6.88. The molecule has 110 valence electrons. The van der Waals surface area contributed by atoms with Crippen LogP contribution in [0.2, 0.25) is 0 Å². The molecule has 2 aromatic carbocycles. The van der Waals surface area contributed by atoms with Gasteiger partial charge in [-0.25, -0.2) is 0 Å². The average molecular weight is 285 g/mol. The number of ether oxygens (including phenoxy) is 1. The van der Waals surface area contributed by atoms with Crippen molar-refractivity contribution in [2.24, 2.45) is 5.73 Å². The lowest BCUT2D eigenvalue weighted by Crippen LogP contribution is -2.22. The Morgan fingerprint density at radius 1 is 1.19 bits per heavy atom. The maximum absolute atomic E-state index is 11.1. The van der Waals surface area contributed by atoms with Crippen LogP contribution in [0.5, 0.6) is 5.75 Å². The summed E-state index contributed by atoms with van der Waals surface area (Å²) in [6.45, 7) is 2.36. The zero-order valence-corrected chi connectivity index (χ0v) is 12.0. The van der Waals surface area contributed by atoms with Crippen molar-refractivity contribution in [3.63, 3.8) is 0 Å². The average Bonchev–Trinajstić information content (AvgIpc) is 2.53. The van der Waals surface area contributed by atoms with Crippen molar-refractivity contribution in [2.45, 2.75) is 26.1 Å². The highest BCUT2D eigenvalue weighted by Gasteiger charge is 2.17. The summed E-state index contributed by atoms with van der Waals surface area (Å²) in [6, 6.07) is 14.9. The molecule has 0 aromatic heterocycles. The van der Waals surface area contributed by atoms with E-state index < -0.39 is 12.0 Å². The lowest BCUT2D eigenvalue weighted by atomic mass is 10.0. The third-order valence-electron chi connectivity index (χ3n) is 3.35. The van der Waals surface area contributed by atoms with Gasteiger partial charge in [0.2, 0.25) is 0 Å². The van der Waals surface area contributed by atoms with Gasteiger partial charge in [0.15, 0.2) is 6.10 Å². The van der Waals surface area contributed by atoms with Crippen LogP contribution in [0.1, 0.15) is 29.7 Å². The van der Waals surface area contributed by atoms with E-state index in [9.17, 15) is 9.90 Å². The molecule has 0 spiro atoms. The van der Waals surface area contributed by atoms with Crippen LogP contribution in [0, 0.1) is 0 Å². The van der Waals surface area contributed by atoms with Crippen molar-refractivity contribution >= 4 is 5.91 Å². The van der Waals surface area contributed by atoms with Crippen LogP contribution < -0.4 is 10.5 Å². The number of primary amides is 1. The maximum Gasteiger partial charge on any atom is 0.250 e. The normalized spacial score (nSPS) is 11.9. The summed E-state index contributed by atoms with van der Waals surface area (Å²) in [5.74, 6) is -0.0229. The Hall–Kier alpha value is -2.33. The number of carbonyl (C=O) groups excluding carboxylic acids is 1. The first-order chi connectivity index (χ1) is 10.1. The Bertz CT molecular complexity index is 608. The van der Waals surface area contributed by atoms with E-state index in [0.717, 1.165) is 17.7 Å². The van der Waals surface area contributed by atoms with Crippen LogP contribution >= 0.6 is 0 Å². The number of nitrogens with two attached hydrogens (primary N) is 1. The second kappa shape index (κ2) is 6.90. The Balaban J connectivity index is 2.10. The van der Waals surface area contributed by atoms with E-state index >= 15 is 0 Å². The number of amides is 1. The zero-order valence-electron chi connectivity index (χ0n) is 12.0. The highest BCUT2D eigenvalue weighted by Crippen LogP contribution is 2.20. The van der Waals surface area contributed by atoms with Gasteiger partial charge in [-0.15, -0.1) is 0 Å². The first-order valence-corrected chi connectivity index (χ1v) is 6.88. The third kappa shape index (κ3) is 3.83. The fraction of sp³-hybridized carbons (Fsp3) is 0.235. The molecule has 0 radical (unpaired) electrons. The van der Waals surface area contributed by atoms with Crippen molar-refractivity contribution in [2.75, 3.05) is 0 Å². The fourth-order valence-corrected chi connectivity index (χ4v) is 2.07. The SMILES string of the molecule is CCc1ccc(OCc2ccccc2C(O)C(N)=O)cc1. The number of carbonyl (C=O) groups is 1. The van der Waals surface area contributed by atoms with E-state index in [2.05, 4.69) is 6.92 Å². The van der Waals surface area contributed by atoms with Crippen LogP contribution in [0.25, 0.3) is 0 Å². The molecule has 1 atom stereocenters. The summed E-state index contributed by atoms with van der Waals surface area (Å²) >= 11 is 0. The molecule has 0 saturated heterocycles. The molecule has 2 rings (SSSR count). The topological polar surface area (TPSA) is 72.6 Å². The summed E-state index contributed by atoms with van der Waals surface area (Å²) in [4.78, 5) is 11.1. The number of benzene rings is 2. The minimum atomic E-state index is -1.31. The molecule has 21 heavy (non-hydrogen) atoms. The summed E-state index contributed by atoms with van der Waals surface area (Å²) in [5, 5.41) is 9.81. The van der Waals surface area contributed by atoms with Gasteiger partial charge >= 0.3 is 0 Å². The van der Waals surface area contributed by atoms with E-state index in [0.29, 0.717) is 5.56 Å². The summed E-state index contributed by atoms with van der Waals surface area (Å²) in [5.41, 5.74) is 7.61. The zero-order chi connectivity index (χ0) is 15.2. The molecule has 1 unspecified atom stereocenters. The van der Waals surface area contributed by atoms with E-state index in [1.54, 1.807) is 12.1 Å². The molecule has 0 aliphatic rings. The third-order valence-corrected chi connectivity index (χ3v) is 3.35. The predicted octanol–water partition coefficient (Wildman–Crippen LogP) is 2.35. The molecule has 0 fully saturated rings. The number of rotatable bonds is 6. The molecule has 0 aliphatic carbocycles. The van der Waals surface area contributed by atoms with Crippen LogP contribution in [-0.2, 0) is 17.8 Å². The summed E-state index contributed by atoms with van der Waals surface area (Å²) in [7, 11) is 0. The lowest BCUT2D eigenvalue weighted by Gasteiger charge is -2.14. The van der Waals surface area contributed by atoms with Gasteiger partial charge < -0.3 is 15.6 Å². The predicted molar refractivity (Wildman–Crippen MR) is 80.7 cm³/mol. The quantitative estimate of drug-likeness (QED) is 0.855. The molecule has 3 N–H and O–H groups in total. The van der Waals surface area contributed by atoms with Gasteiger partial charge in [-0.3, -0.25) is 4.79 Å². The van der Waals surface area contributed by atoms with Gasteiger partial charge in [0, 0.05) is 0 Å². The van der Waals surface area contributed by atoms with Crippen molar-refractivity contribution in [3.05, 3.63) is 65.2 Å². The number of hydrogen-bond acceptors (Lipinski definition) is 3. The van der Waals surface area contributed by atoms with Crippen LogP contribution in [0.3, 0.4) is 0 Å². The molecule has 0 bridgehead atoms. The monoisotopic (exact) mass is 285 g/mol. The fourth-order valence-electron chi connectivity index (χ4n) is 2.07. The highest BCUT2D eigenvalue weighted by atomic mass is 16.5. The summed E-state index contributed by atoms with van der Waals surface area (Å²) < 4.78 is 5.70. The molecule has 4 nitrogen and oxygen atoms in total. The second-order valence-electron chi connectivity index (χ2n) is 4.79. The lowest BCUT2D eigenvalue weighted by molar-refractivity contribution is -0.126. The summed E-state index contributed by atoms with van der Waals surface area (Å²) in [6.07, 6.45) is -0.333. The number of hydrogen-bond donors (Lipinski definition) is 2. The Kier molecular flexibility index (Phi) is 4.95. The minimum absolute atomic E-state index is 0.270. The first kappa shape index (κ1) is 15.1. The second-order valence-corrected chi connectivity index (χ2v) is 4.79. The Morgan fingerprint density at radius 2 is 1.86 bits per heavy atom. The van der Waals surface area contributed by atoms with Crippen molar-refractivity contribution in [1.82, 2.24) is 0 Å². The Morgan fingerprint density at radius 3 is 2.48 bits per heavy atom. The van der Waals surface area contributed by atoms with Gasteiger partial charge in [-0.2, -0.15) is 0 Å². The number of aliphatic hydroxyl groups excluding tert-OH is 1. The molecule has 1 amide bonds. The molecule has 2 aromatic rings. The number of aliphatic hydroxyl groups is 1. The maximum atomic E-state index is 11.1. The molecule has 4 heteroatoms. The van der Waals surface area contributed by atoms with Crippen molar-refractivity contribution < 1.29 is 14.6 Å². The van der Waals surface area contributed by atoms with Crippen molar-refractivity contribution in [3.8, 4) is 5.75 Å². The molecular formula is C17H19NO3. The minimum Gasteiger partial charge on any atom is -0.489 e. The van der Waals surface area contributed by atoms with Crippen LogP contribution in [0.4, 0.5) is 0 Å². The van der Waals surface area contributed by atoms with Gasteiger partial charge in [0.1, 0.15) is 12.4 Å². The van der Waals surface area contributed by atoms with E-state index in [1.165, 1.54) is 5.56 Å². The largest absolute Gasteiger partial charge is 0.489 e. The standard InChI is InChI=1S/C17H19NO3/c1-2-12-7-9-14(10-8-12)21-11-13-5-3-4-6-15(13)16(19)17(18)20/h3-10,16,19H,2,11H2,1H3,(H2,18,20). The van der Waals surface area contributed by atoms with Crippen molar-refractivity contribution in [1.29, 1.82) is 0 Å².